The van der Waals surface area contributed by atoms with E-state index in [9.17, 15) is 10.1 Å². The lowest BCUT2D eigenvalue weighted by molar-refractivity contribution is -0.384. The molecule has 1 aliphatic rings. The van der Waals surface area contributed by atoms with Crippen LogP contribution >= 0.6 is 0 Å². The van der Waals surface area contributed by atoms with Gasteiger partial charge < -0.3 is 24.1 Å². The number of ether oxygens (including phenoxy) is 2. The number of nitrogens with zero attached hydrogens (tertiary/aromatic N) is 6. The minimum absolute atomic E-state index is 0.0710. The van der Waals surface area contributed by atoms with Crippen LogP contribution in [0.4, 0.5) is 29.2 Å². The van der Waals surface area contributed by atoms with E-state index in [4.69, 9.17) is 13.9 Å². The first-order chi connectivity index (χ1) is 19.4. The summed E-state index contributed by atoms with van der Waals surface area (Å²) >= 11 is 0. The molecule has 0 radical (unpaired) electrons. The zero-order valence-electron chi connectivity index (χ0n) is 22.2. The van der Waals surface area contributed by atoms with Crippen LogP contribution in [0.2, 0.25) is 0 Å². The van der Waals surface area contributed by atoms with Crippen LogP contribution in [0, 0.1) is 24.0 Å². The van der Waals surface area contributed by atoms with Gasteiger partial charge in [0, 0.05) is 24.8 Å². The molecule has 40 heavy (non-hydrogen) atoms. The standard InChI is InChI=1S/C27H28N8O5/c1-17-4-5-18(2)22(14-17)29-25-30-26(32-27(31-25)34-10-12-39-13-11-34)33-28-16-20-7-9-23(40-20)21-8-6-19(35(36)37)15-24(21)38-3/h4-9,14-16H,10-13H2,1-3H3,(H2,29,30,31,32,33). The highest BCUT2D eigenvalue weighted by Gasteiger charge is 2.18. The van der Waals surface area contributed by atoms with E-state index >= 15 is 0 Å². The first-order valence-electron chi connectivity index (χ1n) is 12.5. The minimum atomic E-state index is -0.479. The van der Waals surface area contributed by atoms with Gasteiger partial charge in [0.15, 0.2) is 0 Å². The zero-order chi connectivity index (χ0) is 28.1. The summed E-state index contributed by atoms with van der Waals surface area (Å²) < 4.78 is 16.7. The number of hydrogen-bond donors (Lipinski definition) is 2. The van der Waals surface area contributed by atoms with Crippen molar-refractivity contribution in [2.45, 2.75) is 13.8 Å². The molecule has 2 aromatic heterocycles. The van der Waals surface area contributed by atoms with Gasteiger partial charge in [-0.05, 0) is 49.2 Å². The maximum atomic E-state index is 11.1. The lowest BCUT2D eigenvalue weighted by atomic mass is 10.1. The SMILES string of the molecule is COc1cc([N+](=O)[O-])ccc1-c1ccc(C=NNc2nc(Nc3cc(C)ccc3C)nc(N3CCOCC3)n2)o1. The van der Waals surface area contributed by atoms with E-state index in [1.54, 1.807) is 18.2 Å². The Morgan fingerprint density at radius 3 is 2.62 bits per heavy atom. The molecule has 13 nitrogen and oxygen atoms in total. The highest BCUT2D eigenvalue weighted by atomic mass is 16.6. The van der Waals surface area contributed by atoms with Gasteiger partial charge in [-0.1, -0.05) is 12.1 Å². The number of aryl methyl sites for hydroxylation is 2. The monoisotopic (exact) mass is 544 g/mol. The van der Waals surface area contributed by atoms with E-state index in [-0.39, 0.29) is 11.6 Å². The Morgan fingerprint density at radius 1 is 1.05 bits per heavy atom. The fraction of sp³-hybridized carbons (Fsp3) is 0.259. The molecule has 5 rings (SSSR count). The van der Waals surface area contributed by atoms with E-state index in [1.165, 1.54) is 25.5 Å². The summed E-state index contributed by atoms with van der Waals surface area (Å²) in [7, 11) is 1.45. The van der Waals surface area contributed by atoms with Gasteiger partial charge in [0.05, 0.1) is 43.1 Å². The quantitative estimate of drug-likeness (QED) is 0.171. The number of nitro benzene ring substituents is 1. The molecule has 0 saturated carbocycles. The van der Waals surface area contributed by atoms with Gasteiger partial charge in [-0.2, -0.15) is 20.1 Å². The van der Waals surface area contributed by atoms with Crippen molar-refractivity contribution in [3.8, 4) is 17.1 Å². The largest absolute Gasteiger partial charge is 0.496 e. The van der Waals surface area contributed by atoms with Gasteiger partial charge in [-0.25, -0.2) is 5.43 Å². The molecule has 1 fully saturated rings. The Bertz CT molecular complexity index is 1550. The average molecular weight is 545 g/mol. The van der Waals surface area contributed by atoms with Crippen molar-refractivity contribution in [1.82, 2.24) is 15.0 Å². The molecule has 0 atom stereocenters. The van der Waals surface area contributed by atoms with Gasteiger partial charge in [-0.3, -0.25) is 10.1 Å². The summed E-state index contributed by atoms with van der Waals surface area (Å²) in [4.78, 5) is 26.3. The predicted molar refractivity (Wildman–Crippen MR) is 151 cm³/mol. The van der Waals surface area contributed by atoms with Gasteiger partial charge in [0.2, 0.25) is 17.8 Å². The summed E-state index contributed by atoms with van der Waals surface area (Å²) in [5.74, 6) is 2.39. The number of nitrogens with one attached hydrogen (secondary N) is 2. The summed E-state index contributed by atoms with van der Waals surface area (Å²) in [5.41, 5.74) is 6.45. The molecule has 13 heteroatoms. The minimum Gasteiger partial charge on any atom is -0.496 e. The number of rotatable bonds is 9. The van der Waals surface area contributed by atoms with Crippen molar-refractivity contribution < 1.29 is 18.8 Å². The molecule has 0 amide bonds. The second kappa shape index (κ2) is 11.8. The lowest BCUT2D eigenvalue weighted by Crippen LogP contribution is -2.37. The molecule has 0 bridgehead atoms. The van der Waals surface area contributed by atoms with Crippen LogP contribution in [-0.4, -0.2) is 59.5 Å². The average Bonchev–Trinajstić information content (AvgIpc) is 3.43. The number of non-ortho nitro benzene ring substituents is 1. The third kappa shape index (κ3) is 6.15. The number of hydrazone groups is 1. The van der Waals surface area contributed by atoms with Crippen molar-refractivity contribution in [1.29, 1.82) is 0 Å². The smallest absolute Gasteiger partial charge is 0.273 e. The number of methoxy groups -OCH3 is 1. The highest BCUT2D eigenvalue weighted by Crippen LogP contribution is 2.34. The van der Waals surface area contributed by atoms with Crippen LogP contribution in [0.1, 0.15) is 16.9 Å². The number of furan rings is 1. The van der Waals surface area contributed by atoms with Crippen molar-refractivity contribution in [2.75, 3.05) is 49.1 Å². The maximum absolute atomic E-state index is 11.1. The summed E-state index contributed by atoms with van der Waals surface area (Å²) in [6.07, 6.45) is 1.48. The van der Waals surface area contributed by atoms with E-state index in [2.05, 4.69) is 30.8 Å². The van der Waals surface area contributed by atoms with Crippen LogP contribution in [0.25, 0.3) is 11.3 Å². The number of morpholine rings is 1. The molecule has 206 valence electrons. The number of aromatic nitrogens is 3. The van der Waals surface area contributed by atoms with E-state index in [0.29, 0.717) is 61.0 Å². The molecule has 4 aromatic rings. The normalized spacial score (nSPS) is 13.4. The Kier molecular flexibility index (Phi) is 7.82. The summed E-state index contributed by atoms with van der Waals surface area (Å²) in [6, 6.07) is 13.9. The lowest BCUT2D eigenvalue weighted by Gasteiger charge is -2.27. The molecule has 1 saturated heterocycles. The van der Waals surface area contributed by atoms with E-state index in [1.807, 2.05) is 36.9 Å². The number of hydrogen-bond acceptors (Lipinski definition) is 12. The second-order valence-corrected chi connectivity index (χ2v) is 9.04. The summed E-state index contributed by atoms with van der Waals surface area (Å²) in [6.45, 7) is 6.54. The molecule has 2 N–H and O–H groups in total. The maximum Gasteiger partial charge on any atom is 0.273 e. The van der Waals surface area contributed by atoms with Gasteiger partial charge in [-0.15, -0.1) is 0 Å². The van der Waals surface area contributed by atoms with Crippen LogP contribution in [0.5, 0.6) is 5.75 Å². The third-order valence-electron chi connectivity index (χ3n) is 6.20. The Morgan fingerprint density at radius 2 is 1.85 bits per heavy atom. The van der Waals surface area contributed by atoms with Crippen molar-refractivity contribution in [3.05, 3.63) is 75.5 Å². The Labute approximate surface area is 230 Å². The fourth-order valence-electron chi connectivity index (χ4n) is 4.08. The first-order valence-corrected chi connectivity index (χ1v) is 12.5. The van der Waals surface area contributed by atoms with Crippen LogP contribution in [-0.2, 0) is 4.74 Å². The van der Waals surface area contributed by atoms with Gasteiger partial charge >= 0.3 is 0 Å². The van der Waals surface area contributed by atoms with Crippen molar-refractivity contribution in [3.63, 3.8) is 0 Å². The molecule has 0 aliphatic carbocycles. The number of nitro groups is 1. The van der Waals surface area contributed by atoms with Gasteiger partial charge in [0.1, 0.15) is 17.3 Å². The second-order valence-electron chi connectivity index (χ2n) is 9.04. The highest BCUT2D eigenvalue weighted by molar-refractivity contribution is 5.79. The Balaban J connectivity index is 1.36. The van der Waals surface area contributed by atoms with Crippen LogP contribution in [0.15, 0.2) is 58.0 Å². The first kappa shape index (κ1) is 26.6. The van der Waals surface area contributed by atoms with Gasteiger partial charge in [0.25, 0.3) is 5.69 Å². The molecule has 3 heterocycles. The van der Waals surface area contributed by atoms with Crippen LogP contribution < -0.4 is 20.4 Å². The summed E-state index contributed by atoms with van der Waals surface area (Å²) in [5, 5.41) is 18.6. The fourth-order valence-corrected chi connectivity index (χ4v) is 4.08. The Hall–Kier alpha value is -5.04. The number of benzene rings is 2. The predicted octanol–water partition coefficient (Wildman–Crippen LogP) is 4.69. The zero-order valence-corrected chi connectivity index (χ0v) is 22.2. The third-order valence-corrected chi connectivity index (χ3v) is 6.20. The van der Waals surface area contributed by atoms with E-state index in [0.717, 1.165) is 16.8 Å². The molecule has 0 spiro atoms. The molecule has 2 aromatic carbocycles. The topological polar surface area (TPSA) is 153 Å². The van der Waals surface area contributed by atoms with E-state index < -0.39 is 4.92 Å². The van der Waals surface area contributed by atoms with Crippen molar-refractivity contribution in [2.24, 2.45) is 5.10 Å². The molecular formula is C27H28N8O5. The molecule has 1 aliphatic heterocycles. The molecule has 0 unspecified atom stereocenters. The van der Waals surface area contributed by atoms with Crippen LogP contribution in [0.3, 0.4) is 0 Å². The molecular weight excluding hydrogens is 516 g/mol. The number of anilines is 4. The van der Waals surface area contributed by atoms with Crippen molar-refractivity contribution >= 4 is 35.4 Å².